The Morgan fingerprint density at radius 3 is 3.05 bits per heavy atom. The van der Waals surface area contributed by atoms with Crippen LogP contribution in [-0.4, -0.2) is 41.8 Å². The van der Waals surface area contributed by atoms with Crippen LogP contribution >= 0.6 is 11.3 Å². The average Bonchev–Trinajstić information content (AvgIpc) is 3.15. The van der Waals surface area contributed by atoms with Gasteiger partial charge in [0.2, 0.25) is 0 Å². The molecule has 1 aliphatic heterocycles. The predicted octanol–water partition coefficient (Wildman–Crippen LogP) is 0.760. The third-order valence-electron chi connectivity index (χ3n) is 3.39. The first-order chi connectivity index (χ1) is 10.0. The summed E-state index contributed by atoms with van der Waals surface area (Å²) >= 11 is 1.12. The Kier molecular flexibility index (Phi) is 3.56. The van der Waals surface area contributed by atoms with Crippen molar-refractivity contribution < 1.29 is 17.9 Å². The molecule has 0 bridgehead atoms. The zero-order chi connectivity index (χ0) is 15.0. The normalized spacial score (nSPS) is 19.2. The summed E-state index contributed by atoms with van der Waals surface area (Å²) in [5.41, 5.74) is 1.40. The van der Waals surface area contributed by atoms with Crippen LogP contribution in [0.15, 0.2) is 28.0 Å². The molecule has 0 saturated carbocycles. The van der Waals surface area contributed by atoms with Gasteiger partial charge in [-0.1, -0.05) is 6.07 Å². The first kappa shape index (κ1) is 14.2. The third kappa shape index (κ3) is 2.37. The van der Waals surface area contributed by atoms with Gasteiger partial charge < -0.3 is 9.72 Å². The number of aromatic nitrogens is 2. The van der Waals surface area contributed by atoms with Crippen LogP contribution in [0.25, 0.3) is 0 Å². The molecule has 7 nitrogen and oxygen atoms in total. The summed E-state index contributed by atoms with van der Waals surface area (Å²) in [7, 11) is -2.49. The van der Waals surface area contributed by atoms with Crippen LogP contribution in [-0.2, 0) is 32.5 Å². The molecule has 1 aliphatic rings. The van der Waals surface area contributed by atoms with Gasteiger partial charge in [0.05, 0.1) is 31.4 Å². The standard InChI is InChI=1S/C12H13N3O4S2/c1-19-12(16)10-5-8-9(14-7-13-8)6-15(10)21(17,18)11-3-2-4-20-11/h2-4,7,10H,5-6H2,1H3,(H,13,14). The number of hydrogen-bond acceptors (Lipinski definition) is 6. The molecule has 1 unspecified atom stereocenters. The second-order valence-corrected chi connectivity index (χ2v) is 7.62. The van der Waals surface area contributed by atoms with Crippen molar-refractivity contribution in [3.63, 3.8) is 0 Å². The van der Waals surface area contributed by atoms with Gasteiger partial charge in [-0.3, -0.25) is 4.79 Å². The van der Waals surface area contributed by atoms with Crippen molar-refractivity contribution in [1.82, 2.24) is 14.3 Å². The van der Waals surface area contributed by atoms with Crippen molar-refractivity contribution in [2.24, 2.45) is 0 Å². The number of thiophene rings is 1. The maximum atomic E-state index is 12.7. The van der Waals surface area contributed by atoms with Crippen molar-refractivity contribution >= 4 is 27.3 Å². The van der Waals surface area contributed by atoms with Gasteiger partial charge in [0.1, 0.15) is 10.3 Å². The van der Waals surface area contributed by atoms with Crippen molar-refractivity contribution in [2.45, 2.75) is 23.2 Å². The fourth-order valence-corrected chi connectivity index (χ4v) is 4.99. The van der Waals surface area contributed by atoms with Crippen molar-refractivity contribution in [3.05, 3.63) is 35.2 Å². The number of methoxy groups -OCH3 is 1. The highest BCUT2D eigenvalue weighted by atomic mass is 32.2. The van der Waals surface area contributed by atoms with E-state index in [0.717, 1.165) is 11.3 Å². The van der Waals surface area contributed by atoms with E-state index in [2.05, 4.69) is 9.97 Å². The van der Waals surface area contributed by atoms with Crippen LogP contribution in [0, 0.1) is 0 Å². The molecule has 21 heavy (non-hydrogen) atoms. The SMILES string of the molecule is COC(=O)C1Cc2nc[nH]c2CN1S(=O)(=O)c1cccs1. The van der Waals surface area contributed by atoms with Crippen LogP contribution in [0.1, 0.15) is 11.4 Å². The number of carbonyl (C=O) groups is 1. The Morgan fingerprint density at radius 1 is 1.57 bits per heavy atom. The number of hydrogen-bond donors (Lipinski definition) is 1. The molecule has 1 N–H and O–H groups in total. The zero-order valence-corrected chi connectivity index (χ0v) is 12.8. The molecule has 2 aromatic heterocycles. The topological polar surface area (TPSA) is 92.4 Å². The highest BCUT2D eigenvalue weighted by molar-refractivity contribution is 7.91. The van der Waals surface area contributed by atoms with Gasteiger partial charge in [-0.15, -0.1) is 11.3 Å². The van der Waals surface area contributed by atoms with Gasteiger partial charge >= 0.3 is 5.97 Å². The molecule has 0 fully saturated rings. The van der Waals surface area contributed by atoms with Gasteiger partial charge in [-0.05, 0) is 11.4 Å². The van der Waals surface area contributed by atoms with Gasteiger partial charge in [0.15, 0.2) is 0 Å². The van der Waals surface area contributed by atoms with Gasteiger partial charge in [0, 0.05) is 6.42 Å². The highest BCUT2D eigenvalue weighted by Crippen LogP contribution is 2.29. The molecule has 1 atom stereocenters. The molecule has 112 valence electrons. The Hall–Kier alpha value is -1.71. The first-order valence-corrected chi connectivity index (χ1v) is 8.50. The van der Waals surface area contributed by atoms with E-state index in [1.165, 1.54) is 23.8 Å². The molecule has 0 amide bonds. The van der Waals surface area contributed by atoms with E-state index in [0.29, 0.717) is 11.4 Å². The molecular weight excluding hydrogens is 314 g/mol. The van der Waals surface area contributed by atoms with E-state index in [-0.39, 0.29) is 17.2 Å². The van der Waals surface area contributed by atoms with Gasteiger partial charge in [-0.25, -0.2) is 13.4 Å². The monoisotopic (exact) mass is 327 g/mol. The molecule has 0 spiro atoms. The van der Waals surface area contributed by atoms with Crippen molar-refractivity contribution in [3.8, 4) is 0 Å². The van der Waals surface area contributed by atoms with Crippen LogP contribution in [0.3, 0.4) is 0 Å². The Balaban J connectivity index is 2.04. The molecule has 0 aromatic carbocycles. The van der Waals surface area contributed by atoms with Crippen LogP contribution in [0.2, 0.25) is 0 Å². The quantitative estimate of drug-likeness (QED) is 0.840. The van der Waals surface area contributed by atoms with E-state index in [4.69, 9.17) is 4.74 Å². The molecule has 9 heteroatoms. The molecule has 3 rings (SSSR count). The van der Waals surface area contributed by atoms with E-state index in [1.807, 2.05) is 0 Å². The largest absolute Gasteiger partial charge is 0.468 e. The maximum Gasteiger partial charge on any atom is 0.324 e. The average molecular weight is 327 g/mol. The summed E-state index contributed by atoms with van der Waals surface area (Å²) in [4.78, 5) is 19.0. The number of nitrogens with zero attached hydrogens (tertiary/aromatic N) is 2. The van der Waals surface area contributed by atoms with Crippen LogP contribution in [0.4, 0.5) is 0 Å². The van der Waals surface area contributed by atoms with Gasteiger partial charge in [-0.2, -0.15) is 4.31 Å². The van der Waals surface area contributed by atoms with Crippen LogP contribution < -0.4 is 0 Å². The highest BCUT2D eigenvalue weighted by Gasteiger charge is 2.41. The summed E-state index contributed by atoms with van der Waals surface area (Å²) in [6.45, 7) is 0.0787. The number of H-pyrrole nitrogens is 1. The summed E-state index contributed by atoms with van der Waals surface area (Å²) < 4.78 is 31.5. The molecule has 0 radical (unpaired) electrons. The minimum Gasteiger partial charge on any atom is -0.468 e. The summed E-state index contributed by atoms with van der Waals surface area (Å²) in [6.07, 6.45) is 1.70. The molecular formula is C12H13N3O4S2. The minimum atomic E-state index is -3.74. The zero-order valence-electron chi connectivity index (χ0n) is 11.1. The number of ether oxygens (including phenoxy) is 1. The minimum absolute atomic E-state index is 0.0787. The van der Waals surface area contributed by atoms with Crippen molar-refractivity contribution in [2.75, 3.05) is 7.11 Å². The second-order valence-electron chi connectivity index (χ2n) is 4.55. The molecule has 3 heterocycles. The fraction of sp³-hybridized carbons (Fsp3) is 0.333. The lowest BCUT2D eigenvalue weighted by atomic mass is 10.1. The predicted molar refractivity (Wildman–Crippen MR) is 75.1 cm³/mol. The maximum absolute atomic E-state index is 12.7. The molecule has 0 saturated heterocycles. The Labute approximate surface area is 125 Å². The number of esters is 1. The summed E-state index contributed by atoms with van der Waals surface area (Å²) in [5, 5.41) is 1.69. The molecule has 2 aromatic rings. The van der Waals surface area contributed by atoms with E-state index in [9.17, 15) is 13.2 Å². The van der Waals surface area contributed by atoms with E-state index >= 15 is 0 Å². The number of nitrogens with one attached hydrogen (secondary N) is 1. The first-order valence-electron chi connectivity index (χ1n) is 6.18. The number of fused-ring (bicyclic) bond motifs is 1. The number of rotatable bonds is 3. The van der Waals surface area contributed by atoms with Crippen molar-refractivity contribution in [1.29, 1.82) is 0 Å². The smallest absolute Gasteiger partial charge is 0.324 e. The molecule has 0 aliphatic carbocycles. The lowest BCUT2D eigenvalue weighted by Crippen LogP contribution is -2.48. The number of sulfonamides is 1. The summed E-state index contributed by atoms with van der Waals surface area (Å²) in [5.74, 6) is -0.580. The number of aromatic amines is 1. The Bertz CT molecular complexity index is 751. The van der Waals surface area contributed by atoms with E-state index in [1.54, 1.807) is 11.4 Å². The number of carbonyl (C=O) groups excluding carboxylic acids is 1. The number of imidazole rings is 1. The van der Waals surface area contributed by atoms with E-state index < -0.39 is 22.0 Å². The summed E-state index contributed by atoms with van der Waals surface area (Å²) in [6, 6.07) is 2.30. The second kappa shape index (κ2) is 5.24. The van der Waals surface area contributed by atoms with Gasteiger partial charge in [0.25, 0.3) is 10.0 Å². The lowest BCUT2D eigenvalue weighted by molar-refractivity contribution is -0.145. The Morgan fingerprint density at radius 2 is 2.38 bits per heavy atom. The van der Waals surface area contributed by atoms with Crippen LogP contribution in [0.5, 0.6) is 0 Å². The third-order valence-corrected chi connectivity index (χ3v) is 6.61. The lowest BCUT2D eigenvalue weighted by Gasteiger charge is -2.31. The fourth-order valence-electron chi connectivity index (χ4n) is 2.33.